The van der Waals surface area contributed by atoms with Gasteiger partial charge >= 0.3 is 0 Å². The molecule has 110 valence electrons. The zero-order valence-electron chi connectivity index (χ0n) is 12.3. The van der Waals surface area contributed by atoms with Crippen molar-refractivity contribution in [3.8, 4) is 0 Å². The number of hydrogen-bond donors (Lipinski definition) is 2. The molecule has 0 unspecified atom stereocenters. The molecule has 0 spiro atoms. The molecule has 0 radical (unpaired) electrons. The summed E-state index contributed by atoms with van der Waals surface area (Å²) in [6, 6.07) is 8.61. The lowest BCUT2D eigenvalue weighted by Crippen LogP contribution is -2.10. The van der Waals surface area contributed by atoms with Gasteiger partial charge in [0.05, 0.1) is 6.54 Å². The standard InChI is InChI=1S/C16H18ClN3S/c1-16(2,3)14-7-10-6-11(4-5-13(10)20-14)18-8-12-9-19-15(17)21-12/h4-7,9,18,20H,8H2,1-3H3. The highest BCUT2D eigenvalue weighted by molar-refractivity contribution is 7.15. The lowest BCUT2D eigenvalue weighted by Gasteiger charge is -2.15. The summed E-state index contributed by atoms with van der Waals surface area (Å²) in [5.41, 5.74) is 3.66. The molecule has 0 amide bonds. The highest BCUT2D eigenvalue weighted by Gasteiger charge is 2.16. The van der Waals surface area contributed by atoms with Crippen LogP contribution < -0.4 is 5.32 Å². The molecule has 2 N–H and O–H groups in total. The van der Waals surface area contributed by atoms with E-state index < -0.39 is 0 Å². The number of H-pyrrole nitrogens is 1. The van der Waals surface area contributed by atoms with Crippen LogP contribution >= 0.6 is 22.9 Å². The first-order valence-electron chi connectivity index (χ1n) is 6.89. The number of benzene rings is 1. The van der Waals surface area contributed by atoms with Gasteiger partial charge in [0.1, 0.15) is 0 Å². The summed E-state index contributed by atoms with van der Waals surface area (Å²) in [5.74, 6) is 0. The Bertz CT molecular complexity index is 767. The van der Waals surface area contributed by atoms with Crippen LogP contribution in [-0.2, 0) is 12.0 Å². The SMILES string of the molecule is CC(C)(C)c1cc2cc(NCc3cnc(Cl)s3)ccc2[nH]1. The van der Waals surface area contributed by atoms with E-state index in [1.807, 2.05) is 6.20 Å². The Balaban J connectivity index is 1.80. The van der Waals surface area contributed by atoms with E-state index in [2.05, 4.69) is 60.3 Å². The zero-order chi connectivity index (χ0) is 15.0. The molecule has 0 aliphatic carbocycles. The number of fused-ring (bicyclic) bond motifs is 1. The van der Waals surface area contributed by atoms with Gasteiger partial charge in [0.15, 0.2) is 4.47 Å². The Morgan fingerprint density at radius 3 is 2.76 bits per heavy atom. The number of nitrogens with zero attached hydrogens (tertiary/aromatic N) is 1. The van der Waals surface area contributed by atoms with Gasteiger partial charge in [0, 0.05) is 38.8 Å². The molecule has 0 saturated heterocycles. The van der Waals surface area contributed by atoms with Gasteiger partial charge in [0.25, 0.3) is 0 Å². The van der Waals surface area contributed by atoms with Crippen molar-refractivity contribution in [3.63, 3.8) is 0 Å². The summed E-state index contributed by atoms with van der Waals surface area (Å²) in [7, 11) is 0. The third-order valence-corrected chi connectivity index (χ3v) is 4.54. The monoisotopic (exact) mass is 319 g/mol. The third-order valence-electron chi connectivity index (χ3n) is 3.42. The first kappa shape index (κ1) is 14.4. The molecule has 0 aliphatic heterocycles. The fraction of sp³-hybridized carbons (Fsp3) is 0.312. The van der Waals surface area contributed by atoms with Crippen molar-refractivity contribution < 1.29 is 0 Å². The van der Waals surface area contributed by atoms with Crippen molar-refractivity contribution in [2.45, 2.75) is 32.7 Å². The molecule has 5 heteroatoms. The van der Waals surface area contributed by atoms with E-state index in [9.17, 15) is 0 Å². The molecule has 21 heavy (non-hydrogen) atoms. The van der Waals surface area contributed by atoms with E-state index in [0.29, 0.717) is 4.47 Å². The van der Waals surface area contributed by atoms with Gasteiger partial charge in [-0.2, -0.15) is 0 Å². The number of nitrogens with one attached hydrogen (secondary N) is 2. The lowest BCUT2D eigenvalue weighted by molar-refractivity contribution is 0.574. The van der Waals surface area contributed by atoms with Crippen LogP contribution in [0, 0.1) is 0 Å². The van der Waals surface area contributed by atoms with Gasteiger partial charge in [-0.05, 0) is 24.3 Å². The number of aromatic nitrogens is 2. The molecule has 3 nitrogen and oxygen atoms in total. The minimum absolute atomic E-state index is 0.131. The summed E-state index contributed by atoms with van der Waals surface area (Å²) in [4.78, 5) is 8.66. The van der Waals surface area contributed by atoms with Crippen LogP contribution in [0.4, 0.5) is 5.69 Å². The topological polar surface area (TPSA) is 40.7 Å². The molecular weight excluding hydrogens is 302 g/mol. The van der Waals surface area contributed by atoms with Crippen LogP contribution in [0.1, 0.15) is 31.3 Å². The van der Waals surface area contributed by atoms with Crippen LogP contribution in [0.3, 0.4) is 0 Å². The number of halogens is 1. The summed E-state index contributed by atoms with van der Waals surface area (Å²) in [6.45, 7) is 7.38. The van der Waals surface area contributed by atoms with E-state index in [4.69, 9.17) is 11.6 Å². The highest BCUT2D eigenvalue weighted by atomic mass is 35.5. The van der Waals surface area contributed by atoms with E-state index in [-0.39, 0.29) is 5.41 Å². The molecule has 3 aromatic rings. The largest absolute Gasteiger partial charge is 0.380 e. The molecule has 3 rings (SSSR count). The third kappa shape index (κ3) is 3.22. The predicted molar refractivity (Wildman–Crippen MR) is 91.4 cm³/mol. The molecule has 2 heterocycles. The normalized spacial score (nSPS) is 12.0. The fourth-order valence-corrected chi connectivity index (χ4v) is 3.12. The Morgan fingerprint density at radius 2 is 2.10 bits per heavy atom. The lowest BCUT2D eigenvalue weighted by atomic mass is 9.92. The maximum absolute atomic E-state index is 5.84. The number of aromatic amines is 1. The Labute approximate surface area is 133 Å². The van der Waals surface area contributed by atoms with Gasteiger partial charge in [-0.25, -0.2) is 4.98 Å². The summed E-state index contributed by atoms with van der Waals surface area (Å²) >= 11 is 7.34. The van der Waals surface area contributed by atoms with E-state index in [0.717, 1.165) is 17.1 Å². The van der Waals surface area contributed by atoms with Crippen molar-refractivity contribution in [2.24, 2.45) is 0 Å². The first-order chi connectivity index (χ1) is 9.91. The van der Waals surface area contributed by atoms with Gasteiger partial charge in [-0.3, -0.25) is 0 Å². The van der Waals surface area contributed by atoms with Gasteiger partial charge in [-0.1, -0.05) is 32.4 Å². The van der Waals surface area contributed by atoms with E-state index >= 15 is 0 Å². The maximum Gasteiger partial charge on any atom is 0.183 e. The van der Waals surface area contributed by atoms with Crippen LogP contribution in [0.15, 0.2) is 30.5 Å². The second-order valence-corrected chi connectivity index (χ2v) is 7.87. The molecule has 0 aliphatic rings. The van der Waals surface area contributed by atoms with Crippen LogP contribution in [0.25, 0.3) is 10.9 Å². The van der Waals surface area contributed by atoms with Crippen molar-refractivity contribution in [3.05, 3.63) is 45.5 Å². The number of anilines is 1. The summed E-state index contributed by atoms with van der Waals surface area (Å²) < 4.78 is 0.586. The van der Waals surface area contributed by atoms with Crippen LogP contribution in [-0.4, -0.2) is 9.97 Å². The molecule has 0 bridgehead atoms. The Hall–Kier alpha value is -1.52. The Morgan fingerprint density at radius 1 is 1.29 bits per heavy atom. The van der Waals surface area contributed by atoms with Crippen molar-refractivity contribution in [2.75, 3.05) is 5.32 Å². The number of thiazole rings is 1. The van der Waals surface area contributed by atoms with Crippen molar-refractivity contribution in [1.82, 2.24) is 9.97 Å². The minimum atomic E-state index is 0.131. The second-order valence-electron chi connectivity index (χ2n) is 6.17. The second kappa shape index (κ2) is 5.35. The zero-order valence-corrected chi connectivity index (χ0v) is 13.9. The molecule has 0 saturated carbocycles. The molecule has 0 atom stereocenters. The predicted octanol–water partition coefficient (Wildman–Crippen LogP) is 5.19. The van der Waals surface area contributed by atoms with E-state index in [1.165, 1.54) is 27.9 Å². The summed E-state index contributed by atoms with van der Waals surface area (Å²) in [5, 5.41) is 4.64. The fourth-order valence-electron chi connectivity index (χ4n) is 2.20. The molecule has 0 fully saturated rings. The van der Waals surface area contributed by atoms with Crippen LogP contribution in [0.2, 0.25) is 4.47 Å². The average molecular weight is 320 g/mol. The molecule has 2 aromatic heterocycles. The number of rotatable bonds is 3. The van der Waals surface area contributed by atoms with Gasteiger partial charge < -0.3 is 10.3 Å². The molecular formula is C16H18ClN3S. The molecule has 1 aromatic carbocycles. The average Bonchev–Trinajstić information content (AvgIpc) is 3.01. The first-order valence-corrected chi connectivity index (χ1v) is 8.08. The van der Waals surface area contributed by atoms with E-state index in [1.54, 1.807) is 0 Å². The van der Waals surface area contributed by atoms with Crippen LogP contribution in [0.5, 0.6) is 0 Å². The quantitative estimate of drug-likeness (QED) is 0.697. The van der Waals surface area contributed by atoms with Crippen molar-refractivity contribution in [1.29, 1.82) is 0 Å². The highest BCUT2D eigenvalue weighted by Crippen LogP contribution is 2.27. The van der Waals surface area contributed by atoms with Gasteiger partial charge in [-0.15, -0.1) is 11.3 Å². The number of hydrogen-bond acceptors (Lipinski definition) is 3. The smallest absolute Gasteiger partial charge is 0.183 e. The van der Waals surface area contributed by atoms with Crippen molar-refractivity contribution >= 4 is 39.5 Å². The maximum atomic E-state index is 5.84. The minimum Gasteiger partial charge on any atom is -0.380 e. The Kier molecular flexibility index (Phi) is 3.68. The summed E-state index contributed by atoms with van der Waals surface area (Å²) in [6.07, 6.45) is 1.81. The van der Waals surface area contributed by atoms with Gasteiger partial charge in [0.2, 0.25) is 0 Å².